The van der Waals surface area contributed by atoms with Gasteiger partial charge in [-0.2, -0.15) is 0 Å². The first-order chi connectivity index (χ1) is 9.07. The van der Waals surface area contributed by atoms with Crippen molar-refractivity contribution in [3.8, 4) is 0 Å². The van der Waals surface area contributed by atoms with Crippen LogP contribution in [0.1, 0.15) is 44.7 Å². The molecule has 19 heavy (non-hydrogen) atoms. The summed E-state index contributed by atoms with van der Waals surface area (Å²) in [5, 5.41) is 3.84. The van der Waals surface area contributed by atoms with Gasteiger partial charge >= 0.3 is 0 Å². The fourth-order valence-electron chi connectivity index (χ4n) is 2.71. The van der Waals surface area contributed by atoms with Crippen LogP contribution < -0.4 is 5.32 Å². The minimum atomic E-state index is -0.343. The van der Waals surface area contributed by atoms with Crippen LogP contribution in [0, 0.1) is 5.82 Å². The van der Waals surface area contributed by atoms with Crippen LogP contribution in [0.2, 0.25) is 5.02 Å². The van der Waals surface area contributed by atoms with E-state index in [0.717, 1.165) is 32.4 Å². The Hall–Kier alpha value is -0.640. The number of nitrogens with one attached hydrogen (secondary N) is 1. The molecule has 1 aliphatic rings. The number of rotatable bonds is 5. The van der Waals surface area contributed by atoms with E-state index < -0.39 is 0 Å². The molecule has 1 aromatic carbocycles. The molecule has 1 fully saturated rings. The topological polar surface area (TPSA) is 21.3 Å². The van der Waals surface area contributed by atoms with Gasteiger partial charge < -0.3 is 10.1 Å². The molecular formula is C15H21ClFNO. The number of benzene rings is 1. The van der Waals surface area contributed by atoms with Crippen LogP contribution in [-0.2, 0) is 4.74 Å². The molecule has 1 heterocycles. The van der Waals surface area contributed by atoms with Crippen molar-refractivity contribution in [3.63, 3.8) is 0 Å². The molecule has 2 atom stereocenters. The molecule has 2 rings (SSSR count). The zero-order valence-corrected chi connectivity index (χ0v) is 12.3. The van der Waals surface area contributed by atoms with Gasteiger partial charge in [0.25, 0.3) is 0 Å². The van der Waals surface area contributed by atoms with Crippen LogP contribution in [0.25, 0.3) is 0 Å². The molecule has 1 saturated heterocycles. The molecule has 1 N–H and O–H groups in total. The minimum Gasteiger partial charge on any atom is -0.373 e. The van der Waals surface area contributed by atoms with E-state index in [1.165, 1.54) is 6.07 Å². The zero-order chi connectivity index (χ0) is 13.9. The third-order valence-electron chi connectivity index (χ3n) is 3.73. The maximum atomic E-state index is 14.2. The second-order valence-electron chi connectivity index (χ2n) is 5.32. The Kier molecular flexibility index (Phi) is 4.82. The van der Waals surface area contributed by atoms with E-state index in [0.29, 0.717) is 10.6 Å². The molecule has 106 valence electrons. The summed E-state index contributed by atoms with van der Waals surface area (Å²) in [7, 11) is 0. The van der Waals surface area contributed by atoms with Gasteiger partial charge in [0.15, 0.2) is 0 Å². The molecule has 1 aromatic rings. The van der Waals surface area contributed by atoms with Crippen LogP contribution in [-0.4, -0.2) is 18.8 Å². The molecule has 0 aliphatic carbocycles. The van der Waals surface area contributed by atoms with Crippen molar-refractivity contribution < 1.29 is 9.13 Å². The lowest BCUT2D eigenvalue weighted by molar-refractivity contribution is -0.0133. The highest BCUT2D eigenvalue weighted by molar-refractivity contribution is 6.30. The molecule has 1 aliphatic heterocycles. The Labute approximate surface area is 119 Å². The molecule has 0 amide bonds. The zero-order valence-electron chi connectivity index (χ0n) is 11.5. The van der Waals surface area contributed by atoms with Crippen molar-refractivity contribution in [2.24, 2.45) is 0 Å². The second-order valence-corrected chi connectivity index (χ2v) is 5.75. The Balaban J connectivity index is 2.31. The van der Waals surface area contributed by atoms with Gasteiger partial charge in [-0.05, 0) is 44.9 Å². The number of hydrogen-bond acceptors (Lipinski definition) is 2. The van der Waals surface area contributed by atoms with Gasteiger partial charge in [0.2, 0.25) is 0 Å². The van der Waals surface area contributed by atoms with Crippen molar-refractivity contribution >= 4 is 11.6 Å². The van der Waals surface area contributed by atoms with Crippen molar-refractivity contribution in [2.75, 3.05) is 13.2 Å². The second kappa shape index (κ2) is 6.21. The first-order valence-electron chi connectivity index (χ1n) is 6.89. The molecule has 0 bridgehead atoms. The number of halogens is 2. The van der Waals surface area contributed by atoms with Crippen molar-refractivity contribution in [1.29, 1.82) is 0 Å². The highest BCUT2D eigenvalue weighted by Gasteiger charge is 2.40. The summed E-state index contributed by atoms with van der Waals surface area (Å²) in [6.45, 7) is 5.74. The maximum absolute atomic E-state index is 14.2. The van der Waals surface area contributed by atoms with E-state index in [1.54, 1.807) is 12.1 Å². The monoisotopic (exact) mass is 285 g/mol. The van der Waals surface area contributed by atoms with Crippen LogP contribution >= 0.6 is 11.6 Å². The van der Waals surface area contributed by atoms with Crippen LogP contribution in [0.5, 0.6) is 0 Å². The van der Waals surface area contributed by atoms with Crippen LogP contribution in [0.3, 0.4) is 0 Å². The van der Waals surface area contributed by atoms with Gasteiger partial charge in [-0.15, -0.1) is 0 Å². The quantitative estimate of drug-likeness (QED) is 0.880. The number of ether oxygens (including phenoxy) is 1. The van der Waals surface area contributed by atoms with Gasteiger partial charge in [0, 0.05) is 17.2 Å². The molecule has 0 radical (unpaired) electrons. The average Bonchev–Trinajstić information content (AvgIpc) is 2.80. The lowest BCUT2D eigenvalue weighted by Crippen LogP contribution is -2.42. The van der Waals surface area contributed by atoms with E-state index >= 15 is 0 Å². The molecule has 0 saturated carbocycles. The molecule has 4 heteroatoms. The number of hydrogen-bond donors (Lipinski definition) is 1. The van der Waals surface area contributed by atoms with Crippen molar-refractivity contribution in [2.45, 2.75) is 44.8 Å². The summed E-state index contributed by atoms with van der Waals surface area (Å²) in [5.74, 6) is -0.266. The minimum absolute atomic E-state index is 0.132. The first kappa shape index (κ1) is 14.8. The van der Waals surface area contributed by atoms with Gasteiger partial charge in [-0.3, -0.25) is 0 Å². The Morgan fingerprint density at radius 2 is 2.32 bits per heavy atom. The van der Waals surface area contributed by atoms with Gasteiger partial charge in [-0.1, -0.05) is 24.6 Å². The van der Waals surface area contributed by atoms with Gasteiger partial charge in [0.1, 0.15) is 5.82 Å². The van der Waals surface area contributed by atoms with Crippen molar-refractivity contribution in [3.05, 3.63) is 34.6 Å². The summed E-state index contributed by atoms with van der Waals surface area (Å²) >= 11 is 5.83. The van der Waals surface area contributed by atoms with Gasteiger partial charge in [0.05, 0.1) is 11.6 Å². The lowest BCUT2D eigenvalue weighted by atomic mass is 9.87. The van der Waals surface area contributed by atoms with Crippen LogP contribution in [0.15, 0.2) is 18.2 Å². The average molecular weight is 286 g/mol. The Morgan fingerprint density at radius 1 is 1.53 bits per heavy atom. The highest BCUT2D eigenvalue weighted by atomic mass is 35.5. The van der Waals surface area contributed by atoms with E-state index in [9.17, 15) is 4.39 Å². The molecule has 2 unspecified atom stereocenters. The predicted octanol–water partition coefficient (Wildman–Crippen LogP) is 4.09. The fourth-order valence-corrected chi connectivity index (χ4v) is 2.87. The first-order valence-corrected chi connectivity index (χ1v) is 7.27. The van der Waals surface area contributed by atoms with E-state index in [4.69, 9.17) is 16.3 Å². The fraction of sp³-hybridized carbons (Fsp3) is 0.600. The Bertz CT molecular complexity index is 432. The molecule has 0 spiro atoms. The van der Waals surface area contributed by atoms with E-state index in [1.807, 2.05) is 0 Å². The molecule has 0 aromatic heterocycles. The third kappa shape index (κ3) is 3.28. The summed E-state index contributed by atoms with van der Waals surface area (Å²) in [6.07, 6.45) is 2.97. The molecule has 2 nitrogen and oxygen atoms in total. The normalized spacial score (nSPS) is 24.6. The van der Waals surface area contributed by atoms with E-state index in [2.05, 4.69) is 19.2 Å². The summed E-state index contributed by atoms with van der Waals surface area (Å²) < 4.78 is 20.0. The maximum Gasteiger partial charge on any atom is 0.129 e. The smallest absolute Gasteiger partial charge is 0.129 e. The SMILES string of the molecule is CCCNC(c1ccc(Cl)cc1F)C1(C)CCCO1. The van der Waals surface area contributed by atoms with Crippen LogP contribution in [0.4, 0.5) is 4.39 Å². The molecular weight excluding hydrogens is 265 g/mol. The summed E-state index contributed by atoms with van der Waals surface area (Å²) in [5.41, 5.74) is 0.298. The third-order valence-corrected chi connectivity index (χ3v) is 3.97. The summed E-state index contributed by atoms with van der Waals surface area (Å²) in [6, 6.07) is 4.74. The lowest BCUT2D eigenvalue weighted by Gasteiger charge is -2.34. The standard InChI is InChI=1S/C15H21ClFNO/c1-3-8-18-14(15(2)7-4-9-19-15)12-6-5-11(16)10-13(12)17/h5-6,10,14,18H,3-4,7-9H2,1-2H3. The van der Waals surface area contributed by atoms with E-state index in [-0.39, 0.29) is 17.5 Å². The van der Waals surface area contributed by atoms with Crippen molar-refractivity contribution in [1.82, 2.24) is 5.32 Å². The largest absolute Gasteiger partial charge is 0.373 e. The van der Waals surface area contributed by atoms with Gasteiger partial charge in [-0.25, -0.2) is 4.39 Å². The Morgan fingerprint density at radius 3 is 2.89 bits per heavy atom. The summed E-state index contributed by atoms with van der Waals surface area (Å²) in [4.78, 5) is 0. The predicted molar refractivity (Wildman–Crippen MR) is 76.0 cm³/mol. The highest BCUT2D eigenvalue weighted by Crippen LogP contribution is 2.38.